The lowest BCUT2D eigenvalue weighted by atomic mass is 10.2. The highest BCUT2D eigenvalue weighted by Gasteiger charge is 2.20. The summed E-state index contributed by atoms with van der Waals surface area (Å²) in [5, 5.41) is 2.67. The predicted molar refractivity (Wildman–Crippen MR) is 97.4 cm³/mol. The van der Waals surface area contributed by atoms with Crippen molar-refractivity contribution in [1.29, 1.82) is 0 Å². The van der Waals surface area contributed by atoms with Gasteiger partial charge in [-0.05, 0) is 30.5 Å². The molecule has 0 atom stereocenters. The van der Waals surface area contributed by atoms with Gasteiger partial charge in [-0.25, -0.2) is 0 Å². The number of nitrogens with one attached hydrogen (secondary N) is 1. The van der Waals surface area contributed by atoms with Gasteiger partial charge in [0.2, 0.25) is 5.91 Å². The molecule has 2 amide bonds. The van der Waals surface area contributed by atoms with E-state index in [1.54, 1.807) is 25.3 Å². The van der Waals surface area contributed by atoms with Gasteiger partial charge < -0.3 is 24.4 Å². The molecule has 0 aromatic heterocycles. The molecule has 1 aliphatic heterocycles. The fourth-order valence-corrected chi connectivity index (χ4v) is 2.80. The number of benzene rings is 1. The largest absolute Gasteiger partial charge is 0.493 e. The Morgan fingerprint density at radius 3 is 2.63 bits per heavy atom. The standard InChI is InChI=1S/C19H26N2O6/c1-25-15-8-7-14(10-16(15)26-2)11-20-17(22)13-27-19(24)12-21-9-5-3-4-6-18(21)23/h7-8,10H,3-6,9,11-13H2,1-2H3,(H,20,22). The number of hydrogen-bond donors (Lipinski definition) is 1. The van der Waals surface area contributed by atoms with Crippen LogP contribution in [0.25, 0.3) is 0 Å². The van der Waals surface area contributed by atoms with Crippen LogP contribution >= 0.6 is 0 Å². The molecular weight excluding hydrogens is 352 g/mol. The minimum Gasteiger partial charge on any atom is -0.493 e. The number of hydrogen-bond acceptors (Lipinski definition) is 6. The molecule has 1 N–H and O–H groups in total. The van der Waals surface area contributed by atoms with Crippen molar-refractivity contribution in [2.75, 3.05) is 33.9 Å². The molecule has 1 fully saturated rings. The molecule has 1 heterocycles. The molecule has 0 unspecified atom stereocenters. The molecule has 27 heavy (non-hydrogen) atoms. The summed E-state index contributed by atoms with van der Waals surface area (Å²) in [5.41, 5.74) is 0.822. The monoisotopic (exact) mass is 378 g/mol. The van der Waals surface area contributed by atoms with Gasteiger partial charge in [0.05, 0.1) is 14.2 Å². The smallest absolute Gasteiger partial charge is 0.326 e. The Kier molecular flexibility index (Phi) is 7.91. The second kappa shape index (κ2) is 10.4. The third kappa shape index (κ3) is 6.47. The van der Waals surface area contributed by atoms with Gasteiger partial charge >= 0.3 is 5.97 Å². The van der Waals surface area contributed by atoms with Crippen LogP contribution in [-0.2, 0) is 25.7 Å². The first kappa shape index (κ1) is 20.5. The molecule has 148 valence electrons. The van der Waals surface area contributed by atoms with Crippen molar-refractivity contribution in [3.8, 4) is 11.5 Å². The summed E-state index contributed by atoms with van der Waals surface area (Å²) in [5.74, 6) is 0.136. The number of carbonyl (C=O) groups excluding carboxylic acids is 3. The molecular formula is C19H26N2O6. The van der Waals surface area contributed by atoms with Crippen LogP contribution in [0.3, 0.4) is 0 Å². The first-order valence-electron chi connectivity index (χ1n) is 8.94. The van der Waals surface area contributed by atoms with Gasteiger partial charge in [0.25, 0.3) is 5.91 Å². The number of rotatable bonds is 8. The van der Waals surface area contributed by atoms with Crippen molar-refractivity contribution in [2.24, 2.45) is 0 Å². The van der Waals surface area contributed by atoms with E-state index in [-0.39, 0.29) is 25.6 Å². The Morgan fingerprint density at radius 1 is 1.11 bits per heavy atom. The normalized spacial score (nSPS) is 14.3. The Morgan fingerprint density at radius 2 is 1.89 bits per heavy atom. The molecule has 0 saturated carbocycles. The lowest BCUT2D eigenvalue weighted by molar-refractivity contribution is -0.152. The molecule has 0 spiro atoms. The van der Waals surface area contributed by atoms with Crippen LogP contribution in [0, 0.1) is 0 Å². The number of likely N-dealkylation sites (tertiary alicyclic amines) is 1. The van der Waals surface area contributed by atoms with Crippen LogP contribution in [0.15, 0.2) is 18.2 Å². The molecule has 8 heteroatoms. The molecule has 0 aliphatic carbocycles. The van der Waals surface area contributed by atoms with E-state index in [0.29, 0.717) is 24.5 Å². The van der Waals surface area contributed by atoms with E-state index >= 15 is 0 Å². The Bertz CT molecular complexity index is 676. The summed E-state index contributed by atoms with van der Waals surface area (Å²) in [6.45, 7) is 0.330. The van der Waals surface area contributed by atoms with Crippen molar-refractivity contribution in [2.45, 2.75) is 32.2 Å². The minimum atomic E-state index is -0.577. The summed E-state index contributed by atoms with van der Waals surface area (Å²) in [7, 11) is 3.08. The van der Waals surface area contributed by atoms with E-state index in [1.165, 1.54) is 12.0 Å². The number of carbonyl (C=O) groups is 3. The Labute approximate surface area is 158 Å². The summed E-state index contributed by atoms with van der Waals surface area (Å²) in [4.78, 5) is 37.1. The van der Waals surface area contributed by atoms with Crippen molar-refractivity contribution in [3.05, 3.63) is 23.8 Å². The van der Waals surface area contributed by atoms with E-state index < -0.39 is 11.9 Å². The highest BCUT2D eigenvalue weighted by molar-refractivity contribution is 5.84. The van der Waals surface area contributed by atoms with Gasteiger partial charge in [-0.1, -0.05) is 12.5 Å². The van der Waals surface area contributed by atoms with Crippen LogP contribution in [0.5, 0.6) is 11.5 Å². The van der Waals surface area contributed by atoms with Gasteiger partial charge in [0.1, 0.15) is 6.54 Å². The zero-order chi connectivity index (χ0) is 19.6. The molecule has 1 aromatic carbocycles. The SMILES string of the molecule is COc1ccc(CNC(=O)COC(=O)CN2CCCCCC2=O)cc1OC. The second-order valence-corrected chi connectivity index (χ2v) is 6.25. The van der Waals surface area contributed by atoms with Gasteiger partial charge in [0, 0.05) is 19.5 Å². The highest BCUT2D eigenvalue weighted by Crippen LogP contribution is 2.27. The number of methoxy groups -OCH3 is 2. The fraction of sp³-hybridized carbons (Fsp3) is 0.526. The zero-order valence-electron chi connectivity index (χ0n) is 15.8. The van der Waals surface area contributed by atoms with Gasteiger partial charge in [-0.3, -0.25) is 14.4 Å². The molecule has 8 nitrogen and oxygen atoms in total. The predicted octanol–water partition coefficient (Wildman–Crippen LogP) is 1.27. The Balaban J connectivity index is 1.74. The molecule has 1 aliphatic rings. The van der Waals surface area contributed by atoms with Crippen molar-refractivity contribution < 1.29 is 28.6 Å². The van der Waals surface area contributed by atoms with E-state index in [1.807, 2.05) is 0 Å². The molecule has 2 rings (SSSR count). The summed E-state index contributed by atoms with van der Waals surface area (Å²) >= 11 is 0. The third-order valence-electron chi connectivity index (χ3n) is 4.29. The number of nitrogens with zero attached hydrogens (tertiary/aromatic N) is 1. The Hall–Kier alpha value is -2.77. The maximum Gasteiger partial charge on any atom is 0.326 e. The molecule has 1 aromatic rings. The van der Waals surface area contributed by atoms with Crippen LogP contribution in [0.1, 0.15) is 31.2 Å². The fourth-order valence-electron chi connectivity index (χ4n) is 2.80. The zero-order valence-corrected chi connectivity index (χ0v) is 15.8. The van der Waals surface area contributed by atoms with Crippen LogP contribution in [0.4, 0.5) is 0 Å². The average molecular weight is 378 g/mol. The number of ether oxygens (including phenoxy) is 3. The van der Waals surface area contributed by atoms with E-state index in [2.05, 4.69) is 5.32 Å². The highest BCUT2D eigenvalue weighted by atomic mass is 16.5. The maximum atomic E-state index is 11.9. The number of esters is 1. The second-order valence-electron chi connectivity index (χ2n) is 6.25. The van der Waals surface area contributed by atoms with Crippen LogP contribution in [0.2, 0.25) is 0 Å². The summed E-state index contributed by atoms with van der Waals surface area (Å²) in [6.07, 6.45) is 3.17. The van der Waals surface area contributed by atoms with Crippen LogP contribution < -0.4 is 14.8 Å². The van der Waals surface area contributed by atoms with Crippen molar-refractivity contribution in [1.82, 2.24) is 10.2 Å². The van der Waals surface area contributed by atoms with E-state index in [0.717, 1.165) is 24.8 Å². The minimum absolute atomic E-state index is 0.0395. The molecule has 0 radical (unpaired) electrons. The average Bonchev–Trinajstić information content (AvgIpc) is 2.88. The first-order chi connectivity index (χ1) is 13.0. The quantitative estimate of drug-likeness (QED) is 0.685. The topological polar surface area (TPSA) is 94.2 Å². The third-order valence-corrected chi connectivity index (χ3v) is 4.29. The maximum absolute atomic E-state index is 11.9. The van der Waals surface area contributed by atoms with Crippen molar-refractivity contribution >= 4 is 17.8 Å². The number of amides is 2. The summed E-state index contributed by atoms with van der Waals surface area (Å²) < 4.78 is 15.4. The molecule has 1 saturated heterocycles. The lowest BCUT2D eigenvalue weighted by Gasteiger charge is -2.19. The first-order valence-corrected chi connectivity index (χ1v) is 8.94. The van der Waals surface area contributed by atoms with Gasteiger partial charge in [0.15, 0.2) is 18.1 Å². The van der Waals surface area contributed by atoms with Gasteiger partial charge in [-0.2, -0.15) is 0 Å². The summed E-state index contributed by atoms with van der Waals surface area (Å²) in [6, 6.07) is 5.31. The van der Waals surface area contributed by atoms with Crippen molar-refractivity contribution in [3.63, 3.8) is 0 Å². The molecule has 0 bridgehead atoms. The van der Waals surface area contributed by atoms with E-state index in [4.69, 9.17) is 14.2 Å². The van der Waals surface area contributed by atoms with Gasteiger partial charge in [-0.15, -0.1) is 0 Å². The van der Waals surface area contributed by atoms with E-state index in [9.17, 15) is 14.4 Å². The lowest BCUT2D eigenvalue weighted by Crippen LogP contribution is -2.37. The van der Waals surface area contributed by atoms with Crippen LogP contribution in [-0.4, -0.2) is 56.6 Å².